The van der Waals surface area contributed by atoms with Crippen molar-refractivity contribution in [3.63, 3.8) is 0 Å². The average molecular weight is 414 g/mol. The maximum Gasteiger partial charge on any atom is 0.249 e. The Hall–Kier alpha value is -2.53. The summed E-state index contributed by atoms with van der Waals surface area (Å²) in [6.07, 6.45) is 0.322. The van der Waals surface area contributed by atoms with Crippen LogP contribution >= 0.6 is 11.8 Å². The molecule has 1 unspecified atom stereocenters. The Kier molecular flexibility index (Phi) is 9.51. The number of aliphatic hydroxyl groups is 1. The normalized spacial score (nSPS) is 11.8. The molecule has 0 saturated carbocycles. The molecule has 0 spiro atoms. The Morgan fingerprint density at radius 1 is 1.28 bits per heavy atom. The topological polar surface area (TPSA) is 99.6 Å². The zero-order valence-electron chi connectivity index (χ0n) is 16.6. The molecule has 0 aromatic heterocycles. The highest BCUT2D eigenvalue weighted by Crippen LogP contribution is 2.23. The number of carbonyl (C=O) groups is 1. The first kappa shape index (κ1) is 22.8. The van der Waals surface area contributed by atoms with Gasteiger partial charge in [-0.1, -0.05) is 19.1 Å². The van der Waals surface area contributed by atoms with E-state index in [-0.39, 0.29) is 6.61 Å². The fraction of sp³-hybridized carbons (Fsp3) is 0.364. The molecular formula is C22H27N3O3S. The quantitative estimate of drug-likeness (QED) is 0.410. The molecule has 154 valence electrons. The van der Waals surface area contributed by atoms with E-state index in [2.05, 4.69) is 17.9 Å². The van der Waals surface area contributed by atoms with Gasteiger partial charge < -0.3 is 20.5 Å². The van der Waals surface area contributed by atoms with Crippen molar-refractivity contribution < 1.29 is 14.6 Å². The van der Waals surface area contributed by atoms with Crippen molar-refractivity contribution in [3.8, 4) is 11.8 Å². The number of hydrogen-bond donors (Lipinski definition) is 2. The van der Waals surface area contributed by atoms with Gasteiger partial charge in [-0.25, -0.2) is 0 Å². The van der Waals surface area contributed by atoms with Crippen LogP contribution in [0.4, 0.5) is 0 Å². The summed E-state index contributed by atoms with van der Waals surface area (Å²) in [4.78, 5) is 14.5. The summed E-state index contributed by atoms with van der Waals surface area (Å²) >= 11 is 1.62. The summed E-state index contributed by atoms with van der Waals surface area (Å²) < 4.78 is 5.60. The van der Waals surface area contributed by atoms with Crippen molar-refractivity contribution in [1.82, 2.24) is 4.90 Å². The fourth-order valence-corrected chi connectivity index (χ4v) is 3.81. The highest BCUT2D eigenvalue weighted by molar-refractivity contribution is 7.99. The van der Waals surface area contributed by atoms with Crippen LogP contribution in [0.3, 0.4) is 0 Å². The number of benzene rings is 2. The van der Waals surface area contributed by atoms with Crippen molar-refractivity contribution in [2.45, 2.75) is 24.3 Å². The molecule has 0 bridgehead atoms. The highest BCUT2D eigenvalue weighted by Gasteiger charge is 2.12. The molecule has 6 nitrogen and oxygen atoms in total. The predicted octanol–water partition coefficient (Wildman–Crippen LogP) is 2.90. The largest absolute Gasteiger partial charge is 0.491 e. The third kappa shape index (κ3) is 7.78. The van der Waals surface area contributed by atoms with Crippen LogP contribution in [0, 0.1) is 11.3 Å². The van der Waals surface area contributed by atoms with Crippen molar-refractivity contribution in [1.29, 1.82) is 5.26 Å². The third-order valence-electron chi connectivity index (χ3n) is 4.37. The average Bonchev–Trinajstić information content (AvgIpc) is 2.74. The van der Waals surface area contributed by atoms with Crippen LogP contribution in [0.5, 0.6) is 5.75 Å². The summed E-state index contributed by atoms with van der Waals surface area (Å²) in [5.74, 6) is 1.09. The Bertz CT molecular complexity index is 821. The summed E-state index contributed by atoms with van der Waals surface area (Å²) in [5.41, 5.74) is 6.55. The number of thioether (sulfide) groups is 1. The van der Waals surface area contributed by atoms with Crippen LogP contribution in [0.2, 0.25) is 0 Å². The number of carbonyl (C=O) groups excluding carboxylic acids is 1. The molecule has 29 heavy (non-hydrogen) atoms. The maximum absolute atomic E-state index is 11.5. The molecule has 0 aliphatic carbocycles. The van der Waals surface area contributed by atoms with E-state index in [1.165, 1.54) is 0 Å². The van der Waals surface area contributed by atoms with Gasteiger partial charge in [0, 0.05) is 11.4 Å². The smallest absolute Gasteiger partial charge is 0.249 e. The van der Waals surface area contributed by atoms with E-state index in [1.54, 1.807) is 42.1 Å². The highest BCUT2D eigenvalue weighted by atomic mass is 32.2. The van der Waals surface area contributed by atoms with Crippen LogP contribution in [0.25, 0.3) is 0 Å². The van der Waals surface area contributed by atoms with E-state index in [0.29, 0.717) is 23.4 Å². The first-order chi connectivity index (χ1) is 14.0. The molecule has 0 saturated heterocycles. The van der Waals surface area contributed by atoms with Gasteiger partial charge in [0.15, 0.2) is 0 Å². The number of primary amides is 1. The monoisotopic (exact) mass is 413 g/mol. The molecule has 0 aliphatic heterocycles. The zero-order valence-corrected chi connectivity index (χ0v) is 17.4. The second-order valence-electron chi connectivity index (χ2n) is 6.56. The van der Waals surface area contributed by atoms with E-state index < -0.39 is 12.0 Å². The molecule has 1 amide bonds. The molecule has 0 radical (unpaired) electrons. The molecule has 7 heteroatoms. The van der Waals surface area contributed by atoms with Gasteiger partial charge in [0.25, 0.3) is 0 Å². The molecule has 0 heterocycles. The maximum atomic E-state index is 11.5. The molecule has 2 aromatic rings. The third-order valence-corrected chi connectivity index (χ3v) is 5.53. The van der Waals surface area contributed by atoms with Crippen LogP contribution in [0.15, 0.2) is 53.4 Å². The van der Waals surface area contributed by atoms with Crippen LogP contribution < -0.4 is 10.5 Å². The van der Waals surface area contributed by atoms with Gasteiger partial charge in [0.2, 0.25) is 5.91 Å². The lowest BCUT2D eigenvalue weighted by atomic mass is 10.2. The lowest BCUT2D eigenvalue weighted by molar-refractivity contribution is 0.0700. The number of hydrogen-bond acceptors (Lipinski definition) is 6. The fourth-order valence-electron chi connectivity index (χ4n) is 2.81. The molecule has 2 aromatic carbocycles. The first-order valence-corrected chi connectivity index (χ1v) is 10.6. The van der Waals surface area contributed by atoms with Gasteiger partial charge in [0.1, 0.15) is 18.5 Å². The number of ether oxygens (including phenoxy) is 1. The molecule has 0 fully saturated rings. The number of nitriles is 1. The van der Waals surface area contributed by atoms with Crippen molar-refractivity contribution in [2.24, 2.45) is 5.73 Å². The summed E-state index contributed by atoms with van der Waals surface area (Å²) in [6.45, 7) is 4.45. The second-order valence-corrected chi connectivity index (χ2v) is 7.69. The predicted molar refractivity (Wildman–Crippen MR) is 115 cm³/mol. The summed E-state index contributed by atoms with van der Waals surface area (Å²) in [7, 11) is 0. The van der Waals surface area contributed by atoms with Crippen molar-refractivity contribution >= 4 is 17.7 Å². The molecular weight excluding hydrogens is 386 g/mol. The minimum Gasteiger partial charge on any atom is -0.491 e. The van der Waals surface area contributed by atoms with E-state index >= 15 is 0 Å². The number of nitrogens with zero attached hydrogens (tertiary/aromatic N) is 2. The van der Waals surface area contributed by atoms with E-state index in [4.69, 9.17) is 15.7 Å². The standard InChI is InChI=1S/C22H27N3O3S/c1-2-25(12-5-13-29-21-7-4-3-6-20(21)22(24)27)15-18(26)16-28-19-10-8-17(14-23)9-11-19/h3-4,6-11,18,26H,2,5,12-13,15-16H2,1H3,(H2,24,27). The Morgan fingerprint density at radius 2 is 2.00 bits per heavy atom. The minimum absolute atomic E-state index is 0.198. The number of aliphatic hydroxyl groups excluding tert-OH is 1. The van der Waals surface area contributed by atoms with Crippen LogP contribution in [0.1, 0.15) is 29.3 Å². The molecule has 0 aliphatic rings. The number of rotatable bonds is 12. The second kappa shape index (κ2) is 12.1. The summed E-state index contributed by atoms with van der Waals surface area (Å²) in [6, 6.07) is 16.3. The van der Waals surface area contributed by atoms with E-state index in [9.17, 15) is 9.90 Å². The Morgan fingerprint density at radius 3 is 2.66 bits per heavy atom. The van der Waals surface area contributed by atoms with Gasteiger partial charge in [0.05, 0.1) is 17.2 Å². The lowest BCUT2D eigenvalue weighted by Crippen LogP contribution is -2.36. The van der Waals surface area contributed by atoms with Gasteiger partial charge in [-0.3, -0.25) is 4.79 Å². The first-order valence-electron chi connectivity index (χ1n) is 9.58. The number of likely N-dealkylation sites (N-methyl/N-ethyl adjacent to an activating group) is 1. The minimum atomic E-state index is -0.603. The van der Waals surface area contributed by atoms with Crippen molar-refractivity contribution in [2.75, 3.05) is 32.0 Å². The van der Waals surface area contributed by atoms with Gasteiger partial charge in [-0.15, -0.1) is 11.8 Å². The van der Waals surface area contributed by atoms with Gasteiger partial charge >= 0.3 is 0 Å². The SMILES string of the molecule is CCN(CCCSc1ccccc1C(N)=O)CC(O)COc1ccc(C#N)cc1. The lowest BCUT2D eigenvalue weighted by Gasteiger charge is -2.23. The molecule has 1 atom stereocenters. The summed E-state index contributed by atoms with van der Waals surface area (Å²) in [5, 5.41) is 19.1. The molecule has 2 rings (SSSR count). The van der Waals surface area contributed by atoms with Crippen molar-refractivity contribution in [3.05, 3.63) is 59.7 Å². The van der Waals surface area contributed by atoms with Gasteiger partial charge in [-0.2, -0.15) is 5.26 Å². The number of nitrogens with two attached hydrogens (primary N) is 1. The molecule has 3 N–H and O–H groups in total. The number of amides is 1. The van der Waals surface area contributed by atoms with Gasteiger partial charge in [-0.05, 0) is 61.7 Å². The Labute approximate surface area is 176 Å². The van der Waals surface area contributed by atoms with E-state index in [1.807, 2.05) is 18.2 Å². The zero-order chi connectivity index (χ0) is 21.1. The Balaban J connectivity index is 1.71. The van der Waals surface area contributed by atoms with Crippen LogP contribution in [-0.4, -0.2) is 54.0 Å². The van der Waals surface area contributed by atoms with E-state index in [0.717, 1.165) is 30.2 Å². The van der Waals surface area contributed by atoms with Crippen LogP contribution in [-0.2, 0) is 0 Å².